The molecule has 0 bridgehead atoms. The predicted molar refractivity (Wildman–Crippen MR) is 63.8 cm³/mol. The molecule has 0 aliphatic rings. The summed E-state index contributed by atoms with van der Waals surface area (Å²) in [5.41, 5.74) is 0. The van der Waals surface area contributed by atoms with Gasteiger partial charge in [0.25, 0.3) is 0 Å². The molecule has 13 heavy (non-hydrogen) atoms. The second kappa shape index (κ2) is 97.0. The number of isothiocyanates is 4. The maximum Gasteiger partial charge on any atom is 3.00 e. The van der Waals surface area contributed by atoms with E-state index in [9.17, 15) is 0 Å². The second-order valence-corrected chi connectivity index (χ2v) is 1.10. The molecule has 0 aliphatic carbocycles. The Labute approximate surface area is 108 Å². The van der Waals surface area contributed by atoms with Crippen LogP contribution >= 0.6 is 48.9 Å². The monoisotopic (exact) mass is 284 g/mol. The largest absolute Gasteiger partial charge is 3.00 e. The van der Waals surface area contributed by atoms with Crippen molar-refractivity contribution in [2.24, 2.45) is 0 Å². The fourth-order valence-corrected chi connectivity index (χ4v) is 0. The first-order valence-corrected chi connectivity index (χ1v) is 3.34. The van der Waals surface area contributed by atoms with Gasteiger partial charge in [0.1, 0.15) is 0 Å². The summed E-state index contributed by atoms with van der Waals surface area (Å²) in [4.78, 5) is 0. The number of hydrogen-bond donors (Lipinski definition) is 0. The number of thiocarbonyl (C=S) groups is 4. The molecular formula is C4CrN4S4-. The van der Waals surface area contributed by atoms with Gasteiger partial charge in [-0.25, -0.2) is 0 Å². The molecule has 0 aromatic heterocycles. The van der Waals surface area contributed by atoms with E-state index in [0.29, 0.717) is 0 Å². The Bertz CT molecular complexity index is 156. The third kappa shape index (κ3) is 15500. The van der Waals surface area contributed by atoms with Gasteiger partial charge in [-0.1, -0.05) is 48.9 Å². The first-order valence-electron chi connectivity index (χ1n) is 1.71. The molecule has 0 heterocycles. The van der Waals surface area contributed by atoms with Crippen LogP contribution in [0.4, 0.5) is 0 Å². The van der Waals surface area contributed by atoms with Gasteiger partial charge in [0, 0.05) is 0 Å². The van der Waals surface area contributed by atoms with Crippen LogP contribution < -0.4 is 0 Å². The van der Waals surface area contributed by atoms with Crippen LogP contribution in [-0.2, 0) is 17.4 Å². The average molecular weight is 284 g/mol. The van der Waals surface area contributed by atoms with Crippen molar-refractivity contribution in [3.05, 3.63) is 21.6 Å². The number of hydrogen-bond acceptors (Lipinski definition) is 4. The van der Waals surface area contributed by atoms with Gasteiger partial charge in [0.15, 0.2) is 0 Å². The smallest absolute Gasteiger partial charge is 0.753 e. The fourth-order valence-electron chi connectivity index (χ4n) is 0. The topological polar surface area (TPSA) is 89.2 Å². The molecular weight excluding hydrogens is 284 g/mol. The number of nitrogens with zero attached hydrogens (tertiary/aromatic N) is 4. The van der Waals surface area contributed by atoms with Crippen molar-refractivity contribution in [2.75, 3.05) is 0 Å². The SMILES string of the molecule is [Cr+3].[N-]=C=S.[N-]=C=S.[N-]=C=S.[N-]=C=S. The molecule has 0 aromatic rings. The molecule has 0 unspecified atom stereocenters. The molecule has 0 aromatic carbocycles. The van der Waals surface area contributed by atoms with Crippen molar-refractivity contribution in [2.45, 2.75) is 0 Å². The van der Waals surface area contributed by atoms with E-state index < -0.39 is 0 Å². The van der Waals surface area contributed by atoms with Gasteiger partial charge in [-0.05, 0) is 0 Å². The van der Waals surface area contributed by atoms with E-state index in [1.54, 1.807) is 0 Å². The van der Waals surface area contributed by atoms with Crippen molar-refractivity contribution in [1.29, 1.82) is 0 Å². The Morgan fingerprint density at radius 3 is 0.538 bits per heavy atom. The molecule has 0 amide bonds. The van der Waals surface area contributed by atoms with Gasteiger partial charge in [-0.2, -0.15) is 20.6 Å². The maximum absolute atomic E-state index is 7.13. The van der Waals surface area contributed by atoms with Gasteiger partial charge >= 0.3 is 17.4 Å². The number of rotatable bonds is 0. The molecule has 0 spiro atoms. The summed E-state index contributed by atoms with van der Waals surface area (Å²) >= 11 is 14.8. The third-order valence-electron chi connectivity index (χ3n) is 0. The van der Waals surface area contributed by atoms with E-state index in [-0.39, 0.29) is 17.4 Å². The van der Waals surface area contributed by atoms with Crippen LogP contribution in [0.25, 0.3) is 21.6 Å². The quantitative estimate of drug-likeness (QED) is 0.505. The molecule has 0 fully saturated rings. The van der Waals surface area contributed by atoms with E-state index >= 15 is 0 Å². The Morgan fingerprint density at radius 1 is 0.538 bits per heavy atom. The summed E-state index contributed by atoms with van der Waals surface area (Å²) in [6, 6.07) is 0. The molecule has 67 valence electrons. The summed E-state index contributed by atoms with van der Waals surface area (Å²) in [5, 5.41) is 33.9. The molecule has 9 heteroatoms. The van der Waals surface area contributed by atoms with Crippen LogP contribution in [0.15, 0.2) is 0 Å². The second-order valence-electron chi connectivity index (χ2n) is 0.365. The van der Waals surface area contributed by atoms with Crippen LogP contribution in [0, 0.1) is 0 Å². The average Bonchev–Trinajstić information content (AvgIpc) is 1.92. The van der Waals surface area contributed by atoms with Gasteiger partial charge in [-0.15, -0.1) is 0 Å². The Kier molecular flexibility index (Phi) is 219. The minimum absolute atomic E-state index is 0. The normalized spacial score (nSPS) is 2.46. The van der Waals surface area contributed by atoms with Crippen LogP contribution in [0.2, 0.25) is 0 Å². The Hall–Kier alpha value is -0.268. The van der Waals surface area contributed by atoms with E-state index in [2.05, 4.69) is 48.9 Å². The van der Waals surface area contributed by atoms with Crippen molar-refractivity contribution in [1.82, 2.24) is 0 Å². The zero-order chi connectivity index (χ0) is 10.8. The van der Waals surface area contributed by atoms with Crippen molar-refractivity contribution >= 4 is 69.5 Å². The van der Waals surface area contributed by atoms with E-state index in [4.69, 9.17) is 21.6 Å². The van der Waals surface area contributed by atoms with Gasteiger partial charge in [0.2, 0.25) is 0 Å². The van der Waals surface area contributed by atoms with Crippen molar-refractivity contribution in [3.63, 3.8) is 0 Å². The minimum atomic E-state index is 0. The zero-order valence-corrected chi connectivity index (χ0v) is 10.4. The molecule has 0 rings (SSSR count). The van der Waals surface area contributed by atoms with Gasteiger partial charge in [0.05, 0.1) is 0 Å². The molecule has 0 aliphatic heterocycles. The van der Waals surface area contributed by atoms with E-state index in [0.717, 1.165) is 0 Å². The van der Waals surface area contributed by atoms with Crippen LogP contribution in [0.1, 0.15) is 0 Å². The molecule has 0 saturated heterocycles. The zero-order valence-electron chi connectivity index (χ0n) is 5.83. The summed E-state index contributed by atoms with van der Waals surface area (Å²) in [7, 11) is 0. The van der Waals surface area contributed by atoms with E-state index in [1.165, 1.54) is 20.6 Å². The van der Waals surface area contributed by atoms with E-state index in [1.807, 2.05) is 0 Å². The standard InChI is InChI=1S/4CNS.Cr/c4*2-1-3;/q4*-1;+3. The molecule has 4 nitrogen and oxygen atoms in total. The molecule has 0 N–H and O–H groups in total. The summed E-state index contributed by atoms with van der Waals surface area (Å²) in [5.74, 6) is 0. The third-order valence-corrected chi connectivity index (χ3v) is 0. The fraction of sp³-hybridized carbons (Fsp3) is 0. The minimum Gasteiger partial charge on any atom is -0.753 e. The van der Waals surface area contributed by atoms with Crippen molar-refractivity contribution < 1.29 is 17.4 Å². The summed E-state index contributed by atoms with van der Waals surface area (Å²) in [6.07, 6.45) is 0. The Balaban J connectivity index is -0.0000000213. The maximum atomic E-state index is 7.13. The molecule has 0 saturated carbocycles. The summed E-state index contributed by atoms with van der Waals surface area (Å²) < 4.78 is 0. The summed E-state index contributed by atoms with van der Waals surface area (Å²) in [6.45, 7) is 0. The van der Waals surface area contributed by atoms with Crippen LogP contribution in [-0.4, -0.2) is 20.6 Å². The first-order chi connectivity index (χ1) is 5.66. The van der Waals surface area contributed by atoms with Gasteiger partial charge in [-0.3, -0.25) is 0 Å². The van der Waals surface area contributed by atoms with Gasteiger partial charge < -0.3 is 21.6 Å². The van der Waals surface area contributed by atoms with Crippen LogP contribution in [0.5, 0.6) is 0 Å². The molecule has 0 atom stereocenters. The van der Waals surface area contributed by atoms with Crippen LogP contribution in [0.3, 0.4) is 0 Å². The first kappa shape index (κ1) is 29.3. The van der Waals surface area contributed by atoms with Crippen molar-refractivity contribution in [3.8, 4) is 0 Å². The molecule has 1 radical (unpaired) electrons. The predicted octanol–water partition coefficient (Wildman–Crippen LogP) is 2.63. The Morgan fingerprint density at radius 2 is 0.538 bits per heavy atom.